The summed E-state index contributed by atoms with van der Waals surface area (Å²) in [7, 11) is 0. The minimum Gasteiger partial charge on any atom is -0.343 e. The third kappa shape index (κ3) is 0.921. The quantitative estimate of drug-likeness (QED) is 0.631. The van der Waals surface area contributed by atoms with Gasteiger partial charge < -0.3 is 4.57 Å². The van der Waals surface area contributed by atoms with E-state index in [0.717, 1.165) is 0 Å². The fourth-order valence-corrected chi connectivity index (χ4v) is 2.30. The molecule has 0 bridgehead atoms. The molecule has 1 aromatic heterocycles. The minimum absolute atomic E-state index is 0.512. The molecule has 12 heavy (non-hydrogen) atoms. The predicted octanol–water partition coefficient (Wildman–Crippen LogP) is 3.00. The Morgan fingerprint density at radius 3 is 2.08 bits per heavy atom. The highest BCUT2D eigenvalue weighted by atomic mass is 15.1. The van der Waals surface area contributed by atoms with Crippen LogP contribution in [-0.4, -0.2) is 4.57 Å². The van der Waals surface area contributed by atoms with E-state index in [2.05, 4.69) is 37.5 Å². The van der Waals surface area contributed by atoms with E-state index in [0.29, 0.717) is 5.54 Å². The van der Waals surface area contributed by atoms with E-state index < -0.39 is 0 Å². The first-order chi connectivity index (χ1) is 5.69. The lowest BCUT2D eigenvalue weighted by molar-refractivity contribution is 0.449. The van der Waals surface area contributed by atoms with Gasteiger partial charge in [-0.1, -0.05) is 6.92 Å². The zero-order valence-electron chi connectivity index (χ0n) is 8.22. The van der Waals surface area contributed by atoms with Crippen molar-refractivity contribution in [1.29, 1.82) is 0 Å². The van der Waals surface area contributed by atoms with Gasteiger partial charge in [-0.3, -0.25) is 0 Å². The Morgan fingerprint density at radius 1 is 1.25 bits per heavy atom. The zero-order chi connectivity index (χ0) is 8.77. The van der Waals surface area contributed by atoms with Crippen LogP contribution in [0.2, 0.25) is 0 Å². The first-order valence-corrected chi connectivity index (χ1v) is 4.85. The van der Waals surface area contributed by atoms with Crippen molar-refractivity contribution in [3.05, 3.63) is 23.5 Å². The Morgan fingerprint density at radius 2 is 1.75 bits per heavy atom. The molecule has 0 radical (unpaired) electrons. The van der Waals surface area contributed by atoms with Gasteiger partial charge in [-0.25, -0.2) is 0 Å². The highest BCUT2D eigenvalue weighted by Crippen LogP contribution is 2.47. The topological polar surface area (TPSA) is 4.93 Å². The minimum atomic E-state index is 0.512. The van der Waals surface area contributed by atoms with Gasteiger partial charge in [-0.15, -0.1) is 0 Å². The monoisotopic (exact) mass is 163 g/mol. The molecular weight excluding hydrogens is 146 g/mol. The van der Waals surface area contributed by atoms with Gasteiger partial charge in [0.25, 0.3) is 0 Å². The summed E-state index contributed by atoms with van der Waals surface area (Å²) in [5.41, 5.74) is 3.36. The molecule has 1 heteroatoms. The maximum absolute atomic E-state index is 2.52. The first-order valence-electron chi connectivity index (χ1n) is 4.85. The van der Waals surface area contributed by atoms with Crippen LogP contribution in [0.15, 0.2) is 12.1 Å². The van der Waals surface area contributed by atoms with Crippen molar-refractivity contribution in [2.24, 2.45) is 0 Å². The summed E-state index contributed by atoms with van der Waals surface area (Å²) >= 11 is 0. The predicted molar refractivity (Wildman–Crippen MR) is 51.4 cm³/mol. The van der Waals surface area contributed by atoms with E-state index in [4.69, 9.17) is 0 Å². The molecule has 0 aliphatic heterocycles. The van der Waals surface area contributed by atoms with Crippen LogP contribution in [0.1, 0.15) is 37.6 Å². The summed E-state index contributed by atoms with van der Waals surface area (Å²) in [6.45, 7) is 6.72. The van der Waals surface area contributed by atoms with Gasteiger partial charge in [0.2, 0.25) is 0 Å². The summed E-state index contributed by atoms with van der Waals surface area (Å²) in [4.78, 5) is 0. The lowest BCUT2D eigenvalue weighted by Crippen LogP contribution is -2.18. The molecule has 0 aromatic carbocycles. The summed E-state index contributed by atoms with van der Waals surface area (Å²) < 4.78 is 2.52. The second-order valence-corrected chi connectivity index (χ2v) is 4.03. The Bertz CT molecular complexity index is 272. The fourth-order valence-electron chi connectivity index (χ4n) is 2.30. The van der Waals surface area contributed by atoms with Crippen molar-refractivity contribution in [3.8, 4) is 0 Å². The van der Waals surface area contributed by atoms with E-state index in [-0.39, 0.29) is 0 Å². The third-order valence-electron chi connectivity index (χ3n) is 3.23. The second kappa shape index (κ2) is 2.38. The summed E-state index contributed by atoms with van der Waals surface area (Å²) in [5.74, 6) is 0. The van der Waals surface area contributed by atoms with Crippen LogP contribution >= 0.6 is 0 Å². The molecule has 66 valence electrons. The van der Waals surface area contributed by atoms with E-state index in [1.54, 1.807) is 0 Å². The molecule has 2 rings (SSSR count). The van der Waals surface area contributed by atoms with Crippen molar-refractivity contribution >= 4 is 0 Å². The Balaban J connectivity index is 2.45. The molecule has 0 spiro atoms. The molecule has 0 atom stereocenters. The van der Waals surface area contributed by atoms with Crippen LogP contribution in [-0.2, 0) is 5.54 Å². The van der Waals surface area contributed by atoms with Crippen LogP contribution in [0.4, 0.5) is 0 Å². The molecule has 1 saturated carbocycles. The molecule has 1 aliphatic carbocycles. The van der Waals surface area contributed by atoms with Crippen molar-refractivity contribution in [2.75, 3.05) is 0 Å². The maximum Gasteiger partial charge on any atom is 0.0444 e. The number of nitrogens with zero attached hydrogens (tertiary/aromatic N) is 1. The Kier molecular flexibility index (Phi) is 1.57. The molecule has 1 aromatic rings. The van der Waals surface area contributed by atoms with Crippen LogP contribution in [0, 0.1) is 13.8 Å². The van der Waals surface area contributed by atoms with Gasteiger partial charge in [0.1, 0.15) is 0 Å². The number of aromatic nitrogens is 1. The van der Waals surface area contributed by atoms with Crippen molar-refractivity contribution in [3.63, 3.8) is 0 Å². The smallest absolute Gasteiger partial charge is 0.0444 e. The van der Waals surface area contributed by atoms with Gasteiger partial charge in [0, 0.05) is 16.9 Å². The SMILES string of the molecule is CCC1(n2c(C)ccc2C)CC1. The van der Waals surface area contributed by atoms with Gasteiger partial charge in [0.05, 0.1) is 0 Å². The van der Waals surface area contributed by atoms with Gasteiger partial charge in [0.15, 0.2) is 0 Å². The summed E-state index contributed by atoms with van der Waals surface area (Å²) in [5, 5.41) is 0. The van der Waals surface area contributed by atoms with E-state index >= 15 is 0 Å². The zero-order valence-corrected chi connectivity index (χ0v) is 8.22. The first kappa shape index (κ1) is 7.90. The van der Waals surface area contributed by atoms with Crippen molar-refractivity contribution in [1.82, 2.24) is 4.57 Å². The van der Waals surface area contributed by atoms with E-state index in [1.165, 1.54) is 30.7 Å². The average molecular weight is 163 g/mol. The normalized spacial score (nSPS) is 19.6. The van der Waals surface area contributed by atoms with Crippen LogP contribution < -0.4 is 0 Å². The number of rotatable bonds is 2. The largest absolute Gasteiger partial charge is 0.343 e. The summed E-state index contributed by atoms with van der Waals surface area (Å²) in [6.07, 6.45) is 4.03. The van der Waals surface area contributed by atoms with Crippen molar-refractivity contribution < 1.29 is 0 Å². The lowest BCUT2D eigenvalue weighted by atomic mass is 10.2. The van der Waals surface area contributed by atoms with Gasteiger partial charge in [-0.2, -0.15) is 0 Å². The average Bonchev–Trinajstić information content (AvgIpc) is 2.77. The highest BCUT2D eigenvalue weighted by molar-refractivity contribution is 5.20. The van der Waals surface area contributed by atoms with Gasteiger partial charge >= 0.3 is 0 Å². The molecule has 1 aliphatic rings. The Hall–Kier alpha value is -0.720. The molecule has 1 fully saturated rings. The molecule has 0 unspecified atom stereocenters. The maximum atomic E-state index is 2.52. The van der Waals surface area contributed by atoms with Crippen LogP contribution in [0.25, 0.3) is 0 Å². The second-order valence-electron chi connectivity index (χ2n) is 4.03. The third-order valence-corrected chi connectivity index (χ3v) is 3.23. The molecule has 0 saturated heterocycles. The number of hydrogen-bond donors (Lipinski definition) is 0. The molecule has 1 nitrogen and oxygen atoms in total. The Labute approximate surface area is 74.4 Å². The number of aryl methyl sites for hydroxylation is 2. The van der Waals surface area contributed by atoms with Crippen molar-refractivity contribution in [2.45, 2.75) is 45.6 Å². The fraction of sp³-hybridized carbons (Fsp3) is 0.636. The standard InChI is InChI=1S/C11H17N/c1-4-11(7-8-11)12-9(2)5-6-10(12)3/h5-6H,4,7-8H2,1-3H3. The summed E-state index contributed by atoms with van der Waals surface area (Å²) in [6, 6.07) is 4.45. The lowest BCUT2D eigenvalue weighted by Gasteiger charge is -2.20. The van der Waals surface area contributed by atoms with Crippen LogP contribution in [0.5, 0.6) is 0 Å². The highest BCUT2D eigenvalue weighted by Gasteiger charge is 2.43. The molecule has 1 heterocycles. The van der Waals surface area contributed by atoms with Crippen LogP contribution in [0.3, 0.4) is 0 Å². The number of hydrogen-bond acceptors (Lipinski definition) is 0. The molecule has 0 amide bonds. The van der Waals surface area contributed by atoms with Gasteiger partial charge in [-0.05, 0) is 45.2 Å². The van der Waals surface area contributed by atoms with E-state index in [1.807, 2.05) is 0 Å². The molecule has 0 N–H and O–H groups in total. The van der Waals surface area contributed by atoms with E-state index in [9.17, 15) is 0 Å². The molecular formula is C11H17N.